The maximum Gasteiger partial charge on any atom is 0.221 e. The van der Waals surface area contributed by atoms with Crippen molar-refractivity contribution in [3.8, 4) is 0 Å². The predicted octanol–water partition coefficient (Wildman–Crippen LogP) is 3.17. The van der Waals surface area contributed by atoms with E-state index in [9.17, 15) is 9.18 Å². The molecule has 4 heteroatoms. The molecule has 2 N–H and O–H groups in total. The van der Waals surface area contributed by atoms with Crippen LogP contribution in [0.5, 0.6) is 0 Å². The molecule has 0 saturated carbocycles. The molecule has 0 aliphatic carbocycles. The first kappa shape index (κ1) is 16.6. The second-order valence-electron chi connectivity index (χ2n) is 5.10. The summed E-state index contributed by atoms with van der Waals surface area (Å²) in [5, 5.41) is 6.24. The maximum absolute atomic E-state index is 13.2. The Morgan fingerprint density at radius 3 is 2.65 bits per heavy atom. The fourth-order valence-electron chi connectivity index (χ4n) is 2.03. The Bertz CT molecular complexity index is 423. The lowest BCUT2D eigenvalue weighted by atomic mass is 10.0. The van der Waals surface area contributed by atoms with Gasteiger partial charge in [-0.15, -0.1) is 0 Å². The Morgan fingerprint density at radius 1 is 1.30 bits per heavy atom. The monoisotopic (exact) mass is 280 g/mol. The standard InChI is InChI=1S/C16H25FN2O/c1-4-12(3)19-16(20)9-10-18-15(5-2)13-7-6-8-14(17)11-13/h6-8,11-12,15,18H,4-5,9-10H2,1-3H3,(H,19,20). The van der Waals surface area contributed by atoms with Crippen LogP contribution in [0.3, 0.4) is 0 Å². The zero-order valence-electron chi connectivity index (χ0n) is 12.6. The molecule has 0 bridgehead atoms. The average Bonchev–Trinajstić information content (AvgIpc) is 2.43. The minimum atomic E-state index is -0.225. The van der Waals surface area contributed by atoms with Gasteiger partial charge < -0.3 is 10.6 Å². The molecule has 1 aromatic carbocycles. The van der Waals surface area contributed by atoms with Gasteiger partial charge in [-0.05, 0) is 37.5 Å². The minimum Gasteiger partial charge on any atom is -0.354 e. The summed E-state index contributed by atoms with van der Waals surface area (Å²) in [6.07, 6.45) is 2.23. The molecule has 0 aliphatic heterocycles. The van der Waals surface area contributed by atoms with Crippen molar-refractivity contribution in [2.75, 3.05) is 6.54 Å². The molecule has 0 radical (unpaired) electrons. The topological polar surface area (TPSA) is 41.1 Å². The van der Waals surface area contributed by atoms with Crippen LogP contribution in [-0.2, 0) is 4.79 Å². The molecule has 0 fully saturated rings. The van der Waals surface area contributed by atoms with Crippen molar-refractivity contribution in [1.82, 2.24) is 10.6 Å². The van der Waals surface area contributed by atoms with E-state index in [1.165, 1.54) is 6.07 Å². The highest BCUT2D eigenvalue weighted by Gasteiger charge is 2.10. The van der Waals surface area contributed by atoms with Gasteiger partial charge in [0.15, 0.2) is 0 Å². The van der Waals surface area contributed by atoms with E-state index in [4.69, 9.17) is 0 Å². The van der Waals surface area contributed by atoms with E-state index >= 15 is 0 Å². The van der Waals surface area contributed by atoms with Crippen molar-refractivity contribution < 1.29 is 9.18 Å². The molecule has 2 atom stereocenters. The second kappa shape index (κ2) is 8.69. The zero-order valence-corrected chi connectivity index (χ0v) is 12.6. The highest BCUT2D eigenvalue weighted by atomic mass is 19.1. The Labute approximate surface area is 121 Å². The van der Waals surface area contributed by atoms with Crippen molar-refractivity contribution in [3.05, 3.63) is 35.6 Å². The van der Waals surface area contributed by atoms with Gasteiger partial charge in [0.2, 0.25) is 5.91 Å². The smallest absolute Gasteiger partial charge is 0.221 e. The predicted molar refractivity (Wildman–Crippen MR) is 79.9 cm³/mol. The summed E-state index contributed by atoms with van der Waals surface area (Å²) in [6.45, 7) is 6.67. The SMILES string of the molecule is CCC(C)NC(=O)CCNC(CC)c1cccc(F)c1. The first-order valence-corrected chi connectivity index (χ1v) is 7.35. The Hall–Kier alpha value is -1.42. The zero-order chi connectivity index (χ0) is 15.0. The Kier molecular flexibility index (Phi) is 7.23. The Balaban J connectivity index is 2.41. The second-order valence-corrected chi connectivity index (χ2v) is 5.10. The van der Waals surface area contributed by atoms with Gasteiger partial charge in [-0.3, -0.25) is 4.79 Å². The van der Waals surface area contributed by atoms with E-state index in [0.717, 1.165) is 18.4 Å². The highest BCUT2D eigenvalue weighted by Crippen LogP contribution is 2.17. The first-order valence-electron chi connectivity index (χ1n) is 7.35. The fraction of sp³-hybridized carbons (Fsp3) is 0.562. The average molecular weight is 280 g/mol. The van der Waals surface area contributed by atoms with Crippen LogP contribution in [0, 0.1) is 5.82 Å². The third-order valence-corrected chi connectivity index (χ3v) is 3.42. The molecule has 0 aromatic heterocycles. The van der Waals surface area contributed by atoms with E-state index in [-0.39, 0.29) is 23.8 Å². The summed E-state index contributed by atoms with van der Waals surface area (Å²) in [7, 11) is 0. The summed E-state index contributed by atoms with van der Waals surface area (Å²) < 4.78 is 13.2. The van der Waals surface area contributed by atoms with Gasteiger partial charge >= 0.3 is 0 Å². The largest absolute Gasteiger partial charge is 0.354 e. The lowest BCUT2D eigenvalue weighted by molar-refractivity contribution is -0.121. The van der Waals surface area contributed by atoms with E-state index in [1.807, 2.05) is 26.8 Å². The molecule has 0 spiro atoms. The van der Waals surface area contributed by atoms with E-state index in [1.54, 1.807) is 12.1 Å². The van der Waals surface area contributed by atoms with Gasteiger partial charge in [0.25, 0.3) is 0 Å². The third kappa shape index (κ3) is 5.70. The third-order valence-electron chi connectivity index (χ3n) is 3.42. The van der Waals surface area contributed by atoms with Crippen LogP contribution in [-0.4, -0.2) is 18.5 Å². The number of carbonyl (C=O) groups excluding carboxylic acids is 1. The number of halogens is 1. The van der Waals surface area contributed by atoms with Gasteiger partial charge in [0, 0.05) is 25.0 Å². The molecule has 0 aliphatic rings. The van der Waals surface area contributed by atoms with Crippen molar-refractivity contribution in [1.29, 1.82) is 0 Å². The summed E-state index contributed by atoms with van der Waals surface area (Å²) in [5.41, 5.74) is 0.926. The Morgan fingerprint density at radius 2 is 2.05 bits per heavy atom. The van der Waals surface area contributed by atoms with E-state index in [2.05, 4.69) is 10.6 Å². The van der Waals surface area contributed by atoms with Crippen LogP contribution in [0.2, 0.25) is 0 Å². The molecular formula is C16H25FN2O. The van der Waals surface area contributed by atoms with Crippen molar-refractivity contribution in [2.24, 2.45) is 0 Å². The number of rotatable bonds is 8. The summed E-state index contributed by atoms with van der Waals surface area (Å²) in [4.78, 5) is 11.7. The molecular weight excluding hydrogens is 255 g/mol. The summed E-state index contributed by atoms with van der Waals surface area (Å²) >= 11 is 0. The lowest BCUT2D eigenvalue weighted by Gasteiger charge is -2.18. The van der Waals surface area contributed by atoms with Crippen molar-refractivity contribution in [3.63, 3.8) is 0 Å². The van der Waals surface area contributed by atoms with Crippen LogP contribution in [0.25, 0.3) is 0 Å². The van der Waals surface area contributed by atoms with Crippen LogP contribution in [0.4, 0.5) is 4.39 Å². The first-order chi connectivity index (χ1) is 9.56. The molecule has 0 heterocycles. The van der Waals surface area contributed by atoms with Gasteiger partial charge in [-0.2, -0.15) is 0 Å². The van der Waals surface area contributed by atoms with Crippen LogP contribution in [0.15, 0.2) is 24.3 Å². The molecule has 1 rings (SSSR count). The molecule has 0 saturated heterocycles. The fourth-order valence-corrected chi connectivity index (χ4v) is 2.03. The number of benzene rings is 1. The number of hydrogen-bond donors (Lipinski definition) is 2. The molecule has 112 valence electrons. The normalized spacial score (nSPS) is 13.8. The van der Waals surface area contributed by atoms with Crippen LogP contribution < -0.4 is 10.6 Å². The van der Waals surface area contributed by atoms with Crippen molar-refractivity contribution >= 4 is 5.91 Å². The van der Waals surface area contributed by atoms with E-state index in [0.29, 0.717) is 13.0 Å². The summed E-state index contributed by atoms with van der Waals surface area (Å²) in [6, 6.07) is 6.90. The number of nitrogens with one attached hydrogen (secondary N) is 2. The minimum absolute atomic E-state index is 0.0564. The van der Waals surface area contributed by atoms with E-state index < -0.39 is 0 Å². The van der Waals surface area contributed by atoms with Gasteiger partial charge in [0.1, 0.15) is 5.82 Å². The van der Waals surface area contributed by atoms with Gasteiger partial charge in [-0.1, -0.05) is 26.0 Å². The molecule has 2 unspecified atom stereocenters. The van der Waals surface area contributed by atoms with Crippen LogP contribution in [0.1, 0.15) is 51.6 Å². The highest BCUT2D eigenvalue weighted by molar-refractivity contribution is 5.76. The van der Waals surface area contributed by atoms with Gasteiger partial charge in [0.05, 0.1) is 0 Å². The molecule has 20 heavy (non-hydrogen) atoms. The lowest BCUT2D eigenvalue weighted by Crippen LogP contribution is -2.34. The number of carbonyl (C=O) groups is 1. The maximum atomic E-state index is 13.2. The van der Waals surface area contributed by atoms with Gasteiger partial charge in [-0.25, -0.2) is 4.39 Å². The number of hydrogen-bond acceptors (Lipinski definition) is 2. The molecule has 1 amide bonds. The van der Waals surface area contributed by atoms with Crippen molar-refractivity contribution in [2.45, 2.75) is 52.1 Å². The summed E-state index contributed by atoms with van der Waals surface area (Å²) in [5.74, 6) is -0.168. The van der Waals surface area contributed by atoms with Crippen LogP contribution >= 0.6 is 0 Å². The molecule has 1 aromatic rings. The molecule has 3 nitrogen and oxygen atoms in total. The number of amides is 1. The quantitative estimate of drug-likeness (QED) is 0.768.